The molecular formula is C7H14N2O5. The first-order valence-corrected chi connectivity index (χ1v) is 4.10. The van der Waals surface area contributed by atoms with E-state index < -0.39 is 18.9 Å². The van der Waals surface area contributed by atoms with Crippen molar-refractivity contribution in [1.82, 2.24) is 9.80 Å². The number of carbonyl (C=O) groups excluding carboxylic acids is 1. The van der Waals surface area contributed by atoms with Gasteiger partial charge in [-0.2, -0.15) is 0 Å². The monoisotopic (exact) mass is 206 g/mol. The van der Waals surface area contributed by atoms with E-state index in [0.717, 1.165) is 9.80 Å². The van der Waals surface area contributed by atoms with Crippen molar-refractivity contribution in [2.75, 3.05) is 27.3 Å². The van der Waals surface area contributed by atoms with Gasteiger partial charge in [0.1, 0.15) is 0 Å². The molecule has 1 rings (SSSR count). The third kappa shape index (κ3) is 1.95. The van der Waals surface area contributed by atoms with Crippen LogP contribution >= 0.6 is 0 Å². The average molecular weight is 206 g/mol. The number of amides is 2. The predicted molar refractivity (Wildman–Crippen MR) is 44.8 cm³/mol. The minimum Gasteiger partial charge on any atom is -0.351 e. The highest BCUT2D eigenvalue weighted by Gasteiger charge is 2.36. The van der Waals surface area contributed by atoms with E-state index in [1.54, 1.807) is 0 Å². The molecule has 1 aliphatic rings. The number of urea groups is 1. The number of carbonyl (C=O) groups is 1. The van der Waals surface area contributed by atoms with E-state index in [-0.39, 0.29) is 13.1 Å². The largest absolute Gasteiger partial charge is 0.351 e. The lowest BCUT2D eigenvalue weighted by molar-refractivity contribution is -0.163. The molecule has 0 aliphatic carbocycles. The average Bonchev–Trinajstić information content (AvgIpc) is 2.58. The van der Waals surface area contributed by atoms with E-state index in [0.29, 0.717) is 0 Å². The zero-order valence-corrected chi connectivity index (χ0v) is 8.08. The van der Waals surface area contributed by atoms with Crippen LogP contribution in [0.1, 0.15) is 0 Å². The molecule has 2 N–H and O–H groups in total. The maximum atomic E-state index is 11.5. The first-order chi connectivity index (χ1) is 6.61. The molecule has 2 unspecified atom stereocenters. The van der Waals surface area contributed by atoms with Crippen LogP contribution in [0.5, 0.6) is 0 Å². The number of aliphatic hydroxyl groups is 2. The van der Waals surface area contributed by atoms with Crippen LogP contribution in [0.15, 0.2) is 0 Å². The van der Waals surface area contributed by atoms with E-state index in [4.69, 9.17) is 0 Å². The molecule has 82 valence electrons. The Hall–Kier alpha value is -0.890. The molecule has 0 bridgehead atoms. The third-order valence-corrected chi connectivity index (χ3v) is 2.03. The van der Waals surface area contributed by atoms with Crippen LogP contribution in [0, 0.1) is 0 Å². The Balaban J connectivity index is 2.59. The minimum absolute atomic E-state index is 0.286. The first kappa shape index (κ1) is 11.2. The second kappa shape index (κ2) is 4.56. The van der Waals surface area contributed by atoms with Gasteiger partial charge in [-0.05, 0) is 0 Å². The highest BCUT2D eigenvalue weighted by atomic mass is 16.6. The summed E-state index contributed by atoms with van der Waals surface area (Å²) >= 11 is 0. The maximum absolute atomic E-state index is 11.5. The van der Waals surface area contributed by atoms with E-state index >= 15 is 0 Å². The first-order valence-electron chi connectivity index (χ1n) is 4.10. The van der Waals surface area contributed by atoms with Gasteiger partial charge in [0.05, 0.1) is 0 Å². The fourth-order valence-electron chi connectivity index (χ4n) is 1.24. The Kier molecular flexibility index (Phi) is 3.64. The Bertz CT molecular complexity index is 192. The fraction of sp³-hybridized carbons (Fsp3) is 0.857. The number of hydrogen-bond acceptors (Lipinski definition) is 5. The van der Waals surface area contributed by atoms with Gasteiger partial charge in [0, 0.05) is 27.3 Å². The number of methoxy groups -OCH3 is 2. The Morgan fingerprint density at radius 2 is 1.50 bits per heavy atom. The topological polar surface area (TPSA) is 82.5 Å². The molecule has 1 aliphatic heterocycles. The summed E-state index contributed by atoms with van der Waals surface area (Å²) in [5.41, 5.74) is 0. The summed E-state index contributed by atoms with van der Waals surface area (Å²) in [6.45, 7) is 0.572. The van der Waals surface area contributed by atoms with Crippen LogP contribution in [0.2, 0.25) is 0 Å². The molecule has 14 heavy (non-hydrogen) atoms. The molecule has 0 aromatic rings. The van der Waals surface area contributed by atoms with Gasteiger partial charge in [-0.3, -0.25) is 9.80 Å². The quantitative estimate of drug-likeness (QED) is 0.551. The molecule has 1 fully saturated rings. The van der Waals surface area contributed by atoms with Crippen LogP contribution in [-0.2, 0) is 9.47 Å². The normalized spacial score (nSPS) is 21.6. The summed E-state index contributed by atoms with van der Waals surface area (Å²) in [6, 6.07) is -0.520. The lowest BCUT2D eigenvalue weighted by Crippen LogP contribution is -2.44. The summed E-state index contributed by atoms with van der Waals surface area (Å²) in [4.78, 5) is 13.6. The highest BCUT2D eigenvalue weighted by molar-refractivity contribution is 5.76. The summed E-state index contributed by atoms with van der Waals surface area (Å²) in [6.07, 6.45) is -2.56. The number of hydrogen-bond donors (Lipinski definition) is 2. The van der Waals surface area contributed by atoms with Gasteiger partial charge in [-0.15, -0.1) is 0 Å². The van der Waals surface area contributed by atoms with E-state index in [1.807, 2.05) is 0 Å². The fourth-order valence-corrected chi connectivity index (χ4v) is 1.24. The molecule has 7 nitrogen and oxygen atoms in total. The zero-order chi connectivity index (χ0) is 10.7. The molecule has 1 saturated heterocycles. The molecule has 2 amide bonds. The predicted octanol–water partition coefficient (Wildman–Crippen LogP) is -1.43. The van der Waals surface area contributed by atoms with Crippen LogP contribution < -0.4 is 0 Å². The molecule has 0 radical (unpaired) electrons. The molecule has 7 heteroatoms. The van der Waals surface area contributed by atoms with Gasteiger partial charge in [0.25, 0.3) is 0 Å². The Morgan fingerprint density at radius 1 is 1.14 bits per heavy atom. The van der Waals surface area contributed by atoms with Crippen molar-refractivity contribution in [3.05, 3.63) is 0 Å². The minimum atomic E-state index is -1.28. The van der Waals surface area contributed by atoms with E-state index in [2.05, 4.69) is 9.47 Å². The second-order valence-electron chi connectivity index (χ2n) is 2.79. The van der Waals surface area contributed by atoms with E-state index in [9.17, 15) is 15.0 Å². The van der Waals surface area contributed by atoms with Crippen LogP contribution in [0.3, 0.4) is 0 Å². The van der Waals surface area contributed by atoms with Crippen molar-refractivity contribution in [3.63, 3.8) is 0 Å². The summed E-state index contributed by atoms with van der Waals surface area (Å²) in [7, 11) is 2.57. The van der Waals surface area contributed by atoms with E-state index in [1.165, 1.54) is 14.2 Å². The van der Waals surface area contributed by atoms with Crippen molar-refractivity contribution >= 4 is 6.03 Å². The molecular weight excluding hydrogens is 192 g/mol. The number of ether oxygens (including phenoxy) is 2. The standard InChI is InChI=1S/C7H14N2O5/c1-13-6(11)8-3-4-9(5(8)10)7(12)14-2/h6-7,11-12H,3-4H2,1-2H3. The van der Waals surface area contributed by atoms with Crippen LogP contribution in [0.25, 0.3) is 0 Å². The molecule has 1 heterocycles. The lowest BCUT2D eigenvalue weighted by atomic mass is 10.6. The summed E-state index contributed by atoms with van der Waals surface area (Å²) in [5, 5.41) is 18.5. The Morgan fingerprint density at radius 3 is 1.79 bits per heavy atom. The number of aliphatic hydroxyl groups excluding tert-OH is 2. The second-order valence-corrected chi connectivity index (χ2v) is 2.79. The van der Waals surface area contributed by atoms with Gasteiger partial charge in [0.2, 0.25) is 12.8 Å². The van der Waals surface area contributed by atoms with Crippen molar-refractivity contribution in [2.45, 2.75) is 12.8 Å². The molecule has 0 saturated carbocycles. The Labute approximate surface area is 81.4 Å². The number of rotatable bonds is 4. The van der Waals surface area contributed by atoms with Crippen molar-refractivity contribution in [3.8, 4) is 0 Å². The molecule has 0 aromatic carbocycles. The summed E-state index contributed by atoms with van der Waals surface area (Å²) in [5.74, 6) is 0. The molecule has 0 aromatic heterocycles. The third-order valence-electron chi connectivity index (χ3n) is 2.03. The molecule has 0 spiro atoms. The van der Waals surface area contributed by atoms with Crippen LogP contribution in [-0.4, -0.2) is 66.2 Å². The lowest BCUT2D eigenvalue weighted by Gasteiger charge is -2.23. The maximum Gasteiger partial charge on any atom is 0.327 e. The van der Waals surface area contributed by atoms with Crippen molar-refractivity contribution < 1.29 is 24.5 Å². The summed E-state index contributed by atoms with van der Waals surface area (Å²) < 4.78 is 9.16. The highest BCUT2D eigenvalue weighted by Crippen LogP contribution is 2.13. The smallest absolute Gasteiger partial charge is 0.327 e. The van der Waals surface area contributed by atoms with Gasteiger partial charge < -0.3 is 19.7 Å². The van der Waals surface area contributed by atoms with Crippen LogP contribution in [0.4, 0.5) is 4.79 Å². The molecule has 2 atom stereocenters. The van der Waals surface area contributed by atoms with Gasteiger partial charge in [-0.25, -0.2) is 4.79 Å². The zero-order valence-electron chi connectivity index (χ0n) is 8.08. The number of nitrogens with zero attached hydrogens (tertiary/aromatic N) is 2. The van der Waals surface area contributed by atoms with Gasteiger partial charge in [-0.1, -0.05) is 0 Å². The van der Waals surface area contributed by atoms with Crippen molar-refractivity contribution in [2.24, 2.45) is 0 Å². The van der Waals surface area contributed by atoms with Crippen molar-refractivity contribution in [1.29, 1.82) is 0 Å². The SMILES string of the molecule is COC(O)N1CCN(C(O)OC)C1=O. The van der Waals surface area contributed by atoms with Gasteiger partial charge in [0.15, 0.2) is 0 Å². The van der Waals surface area contributed by atoms with Gasteiger partial charge >= 0.3 is 6.03 Å².